The van der Waals surface area contributed by atoms with Crippen molar-refractivity contribution in [3.63, 3.8) is 0 Å². The summed E-state index contributed by atoms with van der Waals surface area (Å²) in [6.07, 6.45) is 3.69. The first kappa shape index (κ1) is 23.0. The van der Waals surface area contributed by atoms with Crippen molar-refractivity contribution in [2.75, 3.05) is 37.2 Å². The molecule has 3 heterocycles. The van der Waals surface area contributed by atoms with Crippen LogP contribution in [0.15, 0.2) is 72.0 Å². The van der Waals surface area contributed by atoms with Gasteiger partial charge in [0.1, 0.15) is 5.69 Å². The minimum absolute atomic E-state index is 0.0101. The Bertz CT molecular complexity index is 1280. The number of rotatable bonds is 5. The molecule has 2 aliphatic heterocycles. The average molecular weight is 490 g/mol. The average Bonchev–Trinajstić information content (AvgIpc) is 3.35. The minimum Gasteiger partial charge on any atom is -0.453 e. The van der Waals surface area contributed by atoms with Gasteiger partial charge in [-0.3, -0.25) is 5.32 Å². The summed E-state index contributed by atoms with van der Waals surface area (Å²) in [6, 6.07) is 17.8. The number of amides is 1. The zero-order valence-electron chi connectivity index (χ0n) is 19.1. The van der Waals surface area contributed by atoms with Gasteiger partial charge in [-0.05, 0) is 35.3 Å². The number of methoxy groups -OCH3 is 1. The van der Waals surface area contributed by atoms with Crippen molar-refractivity contribution in [3.8, 4) is 0 Å². The monoisotopic (exact) mass is 489 g/mol. The Morgan fingerprint density at radius 3 is 2.69 bits per heavy atom. The van der Waals surface area contributed by atoms with E-state index in [9.17, 15) is 4.79 Å². The lowest BCUT2D eigenvalue weighted by molar-refractivity contribution is 0.161. The molecular weight excluding hydrogens is 466 g/mol. The molecule has 1 aromatic heterocycles. The number of nitrogens with one attached hydrogen (secondary N) is 1. The van der Waals surface area contributed by atoms with E-state index in [0.717, 1.165) is 28.8 Å². The molecule has 178 valence electrons. The summed E-state index contributed by atoms with van der Waals surface area (Å²) >= 11 is 6.14. The highest BCUT2D eigenvalue weighted by Gasteiger charge is 2.32. The fraction of sp³-hybridized carbons (Fsp3) is 0.231. The van der Waals surface area contributed by atoms with Gasteiger partial charge in [-0.25, -0.2) is 19.8 Å². The van der Waals surface area contributed by atoms with Crippen molar-refractivity contribution in [1.82, 2.24) is 9.97 Å². The van der Waals surface area contributed by atoms with E-state index in [1.165, 1.54) is 7.11 Å². The predicted molar refractivity (Wildman–Crippen MR) is 136 cm³/mol. The summed E-state index contributed by atoms with van der Waals surface area (Å²) in [7, 11) is 1.31. The second-order valence-electron chi connectivity index (χ2n) is 8.14. The molecule has 0 aliphatic carbocycles. The molecule has 35 heavy (non-hydrogen) atoms. The Morgan fingerprint density at radius 2 is 1.97 bits per heavy atom. The summed E-state index contributed by atoms with van der Waals surface area (Å²) < 4.78 is 10.2. The van der Waals surface area contributed by atoms with Crippen LogP contribution >= 0.6 is 11.6 Å². The SMILES string of the molecule is COC(=O)Nc1cnc(C2=CCOCC2)nc1N1CC(c2ccccc2)C(c2ccc(Cl)cc2)=N1. The molecule has 0 fully saturated rings. The second kappa shape index (κ2) is 10.2. The minimum atomic E-state index is -0.603. The Balaban J connectivity index is 1.59. The van der Waals surface area contributed by atoms with Gasteiger partial charge in [-0.1, -0.05) is 60.1 Å². The van der Waals surface area contributed by atoms with E-state index in [4.69, 9.17) is 31.2 Å². The maximum atomic E-state index is 12.1. The standard InChI is InChI=1S/C26H24ClN5O3/c1-34-26(33)29-22-15-28-24(19-11-13-35-14-12-19)30-25(22)32-16-21(17-5-3-2-4-6-17)23(31-32)18-7-9-20(27)10-8-18/h2-11,15,21H,12-14,16H2,1H3,(H,29,33). The lowest BCUT2D eigenvalue weighted by Gasteiger charge is -2.20. The third kappa shape index (κ3) is 5.03. The van der Waals surface area contributed by atoms with Crippen molar-refractivity contribution in [2.24, 2.45) is 5.10 Å². The van der Waals surface area contributed by atoms with Gasteiger partial charge in [-0.15, -0.1) is 0 Å². The number of hydrogen-bond acceptors (Lipinski definition) is 7. The van der Waals surface area contributed by atoms with E-state index in [0.29, 0.717) is 42.1 Å². The van der Waals surface area contributed by atoms with Crippen LogP contribution in [0, 0.1) is 0 Å². The molecule has 0 spiro atoms. The highest BCUT2D eigenvalue weighted by molar-refractivity contribution is 6.30. The molecule has 9 heteroatoms. The van der Waals surface area contributed by atoms with E-state index in [1.54, 1.807) is 6.20 Å². The van der Waals surface area contributed by atoms with Gasteiger partial charge < -0.3 is 9.47 Å². The highest BCUT2D eigenvalue weighted by atomic mass is 35.5. The molecule has 1 unspecified atom stereocenters. The first-order valence-corrected chi connectivity index (χ1v) is 11.7. The molecule has 3 aromatic rings. The topological polar surface area (TPSA) is 88.9 Å². The van der Waals surface area contributed by atoms with Crippen LogP contribution in [0.25, 0.3) is 5.57 Å². The van der Waals surface area contributed by atoms with Crippen molar-refractivity contribution in [1.29, 1.82) is 0 Å². The van der Waals surface area contributed by atoms with Gasteiger partial charge in [-0.2, -0.15) is 5.10 Å². The Kier molecular flexibility index (Phi) is 6.74. The van der Waals surface area contributed by atoms with Gasteiger partial charge in [0.15, 0.2) is 11.6 Å². The maximum Gasteiger partial charge on any atom is 0.411 e. The molecule has 0 bridgehead atoms. The normalized spacial score (nSPS) is 17.5. The quantitative estimate of drug-likeness (QED) is 0.535. The van der Waals surface area contributed by atoms with Crippen molar-refractivity contribution < 1.29 is 14.3 Å². The van der Waals surface area contributed by atoms with Crippen molar-refractivity contribution in [3.05, 3.63) is 88.8 Å². The summed E-state index contributed by atoms with van der Waals surface area (Å²) in [6.45, 7) is 1.68. The molecule has 5 rings (SSSR count). The van der Waals surface area contributed by atoms with Gasteiger partial charge in [0, 0.05) is 10.9 Å². The van der Waals surface area contributed by atoms with Crippen LogP contribution in [0.1, 0.15) is 29.3 Å². The summed E-state index contributed by atoms with van der Waals surface area (Å²) in [5.41, 5.74) is 4.41. The third-order valence-electron chi connectivity index (χ3n) is 5.94. The van der Waals surface area contributed by atoms with Gasteiger partial charge in [0.2, 0.25) is 0 Å². The second-order valence-corrected chi connectivity index (χ2v) is 8.58. The Labute approximate surface area is 208 Å². The molecular formula is C26H24ClN5O3. The van der Waals surface area contributed by atoms with Crippen LogP contribution in [-0.4, -0.2) is 48.6 Å². The number of ether oxygens (including phenoxy) is 2. The number of carbonyl (C=O) groups is 1. The summed E-state index contributed by atoms with van der Waals surface area (Å²) in [4.78, 5) is 21.4. The molecule has 1 amide bonds. The first-order valence-electron chi connectivity index (χ1n) is 11.3. The van der Waals surface area contributed by atoms with Crippen LogP contribution in [0.4, 0.5) is 16.3 Å². The van der Waals surface area contributed by atoms with Crippen LogP contribution in [-0.2, 0) is 9.47 Å². The van der Waals surface area contributed by atoms with E-state index in [-0.39, 0.29) is 5.92 Å². The predicted octanol–water partition coefficient (Wildman–Crippen LogP) is 5.12. The first-order chi connectivity index (χ1) is 17.1. The van der Waals surface area contributed by atoms with Gasteiger partial charge >= 0.3 is 6.09 Å². The summed E-state index contributed by atoms with van der Waals surface area (Å²) in [5.74, 6) is 1.08. The van der Waals surface area contributed by atoms with E-state index in [2.05, 4.69) is 22.4 Å². The number of hydrazone groups is 1. The van der Waals surface area contributed by atoms with Crippen LogP contribution in [0.3, 0.4) is 0 Å². The summed E-state index contributed by atoms with van der Waals surface area (Å²) in [5, 5.41) is 10.2. The van der Waals surface area contributed by atoms with Crippen molar-refractivity contribution in [2.45, 2.75) is 12.3 Å². The number of carbonyl (C=O) groups excluding carboxylic acids is 1. The molecule has 0 radical (unpaired) electrons. The third-order valence-corrected chi connectivity index (χ3v) is 6.19. The zero-order valence-corrected chi connectivity index (χ0v) is 19.9. The molecule has 1 N–H and O–H groups in total. The highest BCUT2D eigenvalue weighted by Crippen LogP contribution is 2.35. The van der Waals surface area contributed by atoms with Crippen LogP contribution < -0.4 is 10.3 Å². The van der Waals surface area contributed by atoms with E-state index >= 15 is 0 Å². The van der Waals surface area contributed by atoms with E-state index < -0.39 is 6.09 Å². The number of anilines is 2. The fourth-order valence-corrected chi connectivity index (χ4v) is 4.29. The lowest BCUT2D eigenvalue weighted by atomic mass is 9.91. The largest absolute Gasteiger partial charge is 0.453 e. The number of hydrogen-bond donors (Lipinski definition) is 1. The molecule has 0 saturated heterocycles. The number of aromatic nitrogens is 2. The maximum absolute atomic E-state index is 12.1. The van der Waals surface area contributed by atoms with Gasteiger partial charge in [0.25, 0.3) is 0 Å². The fourth-order valence-electron chi connectivity index (χ4n) is 4.17. The smallest absolute Gasteiger partial charge is 0.411 e. The lowest BCUT2D eigenvalue weighted by Crippen LogP contribution is -2.22. The number of nitrogens with zero attached hydrogens (tertiary/aromatic N) is 4. The number of benzene rings is 2. The Hall–Kier alpha value is -3.75. The van der Waals surface area contributed by atoms with Crippen LogP contribution in [0.2, 0.25) is 5.02 Å². The van der Waals surface area contributed by atoms with Gasteiger partial charge in [0.05, 0.1) is 38.8 Å². The molecule has 2 aliphatic rings. The van der Waals surface area contributed by atoms with E-state index in [1.807, 2.05) is 53.5 Å². The molecule has 1 atom stereocenters. The molecule has 8 nitrogen and oxygen atoms in total. The molecule has 0 saturated carbocycles. The van der Waals surface area contributed by atoms with Crippen molar-refractivity contribution >= 4 is 40.5 Å². The molecule has 2 aromatic carbocycles. The zero-order chi connectivity index (χ0) is 24.2. The number of halogens is 1. The van der Waals surface area contributed by atoms with Crippen LogP contribution in [0.5, 0.6) is 0 Å². The Morgan fingerprint density at radius 1 is 1.17 bits per heavy atom.